The molecule has 0 aromatic heterocycles. The molecule has 1 aromatic carbocycles. The summed E-state index contributed by atoms with van der Waals surface area (Å²) in [5, 5.41) is 3.57. The lowest BCUT2D eigenvalue weighted by Gasteiger charge is -2.06. The van der Waals surface area contributed by atoms with Gasteiger partial charge in [0, 0.05) is 6.54 Å². The first-order valence-corrected chi connectivity index (χ1v) is 12.1. The maximum Gasteiger partial charge on any atom is 0.0205 e. The molecule has 28 heavy (non-hydrogen) atoms. The third-order valence-corrected chi connectivity index (χ3v) is 5.66. The molecule has 0 saturated carbocycles. The summed E-state index contributed by atoms with van der Waals surface area (Å²) in [6.45, 7) is 6.62. The van der Waals surface area contributed by atoms with Crippen LogP contribution in [0.3, 0.4) is 0 Å². The number of benzene rings is 1. The van der Waals surface area contributed by atoms with Gasteiger partial charge in [-0.15, -0.1) is 12.4 Å². The normalized spacial score (nSPS) is 10.8. The van der Waals surface area contributed by atoms with Gasteiger partial charge in [-0.2, -0.15) is 0 Å². The smallest absolute Gasteiger partial charge is 0.0205 e. The Morgan fingerprint density at radius 3 is 1.39 bits per heavy atom. The Hall–Kier alpha value is -0.530. The van der Waals surface area contributed by atoms with Crippen LogP contribution in [-0.4, -0.2) is 6.54 Å². The van der Waals surface area contributed by atoms with Crippen molar-refractivity contribution in [2.24, 2.45) is 0 Å². The van der Waals surface area contributed by atoms with Crippen molar-refractivity contribution in [3.63, 3.8) is 0 Å². The predicted molar refractivity (Wildman–Crippen MR) is 130 cm³/mol. The summed E-state index contributed by atoms with van der Waals surface area (Å²) >= 11 is 0. The summed E-state index contributed by atoms with van der Waals surface area (Å²) < 4.78 is 0. The van der Waals surface area contributed by atoms with E-state index in [9.17, 15) is 0 Å². The van der Waals surface area contributed by atoms with Crippen molar-refractivity contribution in [3.8, 4) is 0 Å². The van der Waals surface area contributed by atoms with E-state index in [0.29, 0.717) is 0 Å². The van der Waals surface area contributed by atoms with Gasteiger partial charge in [0.2, 0.25) is 0 Å². The monoisotopic (exact) mass is 409 g/mol. The molecule has 1 nitrogen and oxygen atoms in total. The van der Waals surface area contributed by atoms with E-state index in [1.807, 2.05) is 0 Å². The number of hydrogen-bond acceptors (Lipinski definition) is 1. The third-order valence-electron chi connectivity index (χ3n) is 5.66. The highest BCUT2D eigenvalue weighted by Crippen LogP contribution is 2.13. The standard InChI is InChI=1S/C26H47N.ClH/c1-3-4-5-6-7-8-9-10-11-12-13-14-15-16-17-18-23-27-24-26-21-19-25(2)20-22-26;/h19-22,27H,3-18,23-24H2,1-2H3;1H. The summed E-state index contributed by atoms with van der Waals surface area (Å²) in [5.74, 6) is 0. The molecule has 0 atom stereocenters. The van der Waals surface area contributed by atoms with Gasteiger partial charge in [0.05, 0.1) is 0 Å². The second-order valence-electron chi connectivity index (χ2n) is 8.47. The Labute approximate surface area is 182 Å². The Morgan fingerprint density at radius 1 is 0.571 bits per heavy atom. The van der Waals surface area contributed by atoms with Gasteiger partial charge in [0.25, 0.3) is 0 Å². The van der Waals surface area contributed by atoms with E-state index in [4.69, 9.17) is 0 Å². The molecule has 0 spiro atoms. The molecular weight excluding hydrogens is 362 g/mol. The zero-order valence-corrected chi connectivity index (χ0v) is 19.8. The average Bonchev–Trinajstić information content (AvgIpc) is 2.68. The first-order valence-electron chi connectivity index (χ1n) is 12.1. The SMILES string of the molecule is CCCCCCCCCCCCCCCCCCNCc1ccc(C)cc1.Cl. The highest BCUT2D eigenvalue weighted by atomic mass is 35.5. The van der Waals surface area contributed by atoms with Crippen molar-refractivity contribution in [1.82, 2.24) is 5.32 Å². The molecule has 2 heteroatoms. The van der Waals surface area contributed by atoms with Crippen molar-refractivity contribution in [2.45, 2.75) is 123 Å². The quantitative estimate of drug-likeness (QED) is 0.225. The van der Waals surface area contributed by atoms with Crippen LogP contribution in [-0.2, 0) is 6.54 Å². The van der Waals surface area contributed by atoms with E-state index in [1.165, 1.54) is 114 Å². The first-order chi connectivity index (χ1) is 13.3. The van der Waals surface area contributed by atoms with Crippen LogP contribution < -0.4 is 5.32 Å². The van der Waals surface area contributed by atoms with Crippen molar-refractivity contribution < 1.29 is 0 Å². The summed E-state index contributed by atoms with van der Waals surface area (Å²) in [4.78, 5) is 0. The molecule has 1 N–H and O–H groups in total. The highest BCUT2D eigenvalue weighted by molar-refractivity contribution is 5.85. The molecule has 0 fully saturated rings. The van der Waals surface area contributed by atoms with E-state index in [1.54, 1.807) is 0 Å². The lowest BCUT2D eigenvalue weighted by atomic mass is 10.0. The molecule has 0 aliphatic rings. The van der Waals surface area contributed by atoms with E-state index >= 15 is 0 Å². The Balaban J connectivity index is 0.00000729. The minimum Gasteiger partial charge on any atom is -0.313 e. The van der Waals surface area contributed by atoms with E-state index in [2.05, 4.69) is 43.4 Å². The fraction of sp³-hybridized carbons (Fsp3) is 0.769. The van der Waals surface area contributed by atoms with E-state index in [-0.39, 0.29) is 12.4 Å². The van der Waals surface area contributed by atoms with Gasteiger partial charge >= 0.3 is 0 Å². The largest absolute Gasteiger partial charge is 0.313 e. The number of aryl methyl sites for hydroxylation is 1. The molecule has 1 rings (SSSR count). The van der Waals surface area contributed by atoms with Crippen molar-refractivity contribution in [3.05, 3.63) is 35.4 Å². The molecule has 0 aliphatic carbocycles. The highest BCUT2D eigenvalue weighted by Gasteiger charge is 1.95. The zero-order valence-electron chi connectivity index (χ0n) is 18.9. The molecule has 0 radical (unpaired) electrons. The van der Waals surface area contributed by atoms with Gasteiger partial charge in [-0.05, 0) is 25.5 Å². The summed E-state index contributed by atoms with van der Waals surface area (Å²) in [5.41, 5.74) is 2.74. The van der Waals surface area contributed by atoms with E-state index < -0.39 is 0 Å². The maximum atomic E-state index is 3.57. The van der Waals surface area contributed by atoms with Gasteiger partial charge in [-0.1, -0.05) is 133 Å². The molecule has 0 unspecified atom stereocenters. The average molecular weight is 410 g/mol. The molecule has 0 aliphatic heterocycles. The second kappa shape index (κ2) is 21.2. The minimum atomic E-state index is 0. The van der Waals surface area contributed by atoms with Gasteiger partial charge in [-0.25, -0.2) is 0 Å². The molecule has 1 aromatic rings. The van der Waals surface area contributed by atoms with Gasteiger partial charge in [0.15, 0.2) is 0 Å². The van der Waals surface area contributed by atoms with Crippen LogP contribution in [0.25, 0.3) is 0 Å². The lowest BCUT2D eigenvalue weighted by Crippen LogP contribution is -2.14. The van der Waals surface area contributed by atoms with Crippen LogP contribution in [0, 0.1) is 6.92 Å². The van der Waals surface area contributed by atoms with Crippen LogP contribution in [0.5, 0.6) is 0 Å². The number of nitrogens with one attached hydrogen (secondary N) is 1. The predicted octanol–water partition coefficient (Wildman–Crippen LogP) is 8.77. The van der Waals surface area contributed by atoms with Gasteiger partial charge in [0.1, 0.15) is 0 Å². The zero-order chi connectivity index (χ0) is 19.4. The van der Waals surface area contributed by atoms with Crippen LogP contribution in [0.15, 0.2) is 24.3 Å². The Kier molecular flexibility index (Phi) is 20.8. The van der Waals surface area contributed by atoms with Gasteiger partial charge < -0.3 is 5.32 Å². The fourth-order valence-corrected chi connectivity index (χ4v) is 3.74. The van der Waals surface area contributed by atoms with Crippen LogP contribution in [0.1, 0.15) is 121 Å². The number of rotatable bonds is 19. The number of hydrogen-bond donors (Lipinski definition) is 1. The van der Waals surface area contributed by atoms with Gasteiger partial charge in [-0.3, -0.25) is 0 Å². The Bertz CT molecular complexity index is 415. The molecule has 0 saturated heterocycles. The molecular formula is C26H48ClN. The second-order valence-corrected chi connectivity index (χ2v) is 8.47. The van der Waals surface area contributed by atoms with Crippen molar-refractivity contribution in [2.75, 3.05) is 6.54 Å². The maximum absolute atomic E-state index is 3.57. The molecule has 0 bridgehead atoms. The van der Waals surface area contributed by atoms with Crippen LogP contribution >= 0.6 is 12.4 Å². The summed E-state index contributed by atoms with van der Waals surface area (Å²) in [6.07, 6.45) is 23.0. The van der Waals surface area contributed by atoms with E-state index in [0.717, 1.165) is 13.1 Å². The topological polar surface area (TPSA) is 12.0 Å². The minimum absolute atomic E-state index is 0. The molecule has 164 valence electrons. The summed E-state index contributed by atoms with van der Waals surface area (Å²) in [6, 6.07) is 8.86. The van der Waals surface area contributed by atoms with Crippen molar-refractivity contribution >= 4 is 12.4 Å². The van der Waals surface area contributed by atoms with Crippen molar-refractivity contribution in [1.29, 1.82) is 0 Å². The van der Waals surface area contributed by atoms with Crippen LogP contribution in [0.4, 0.5) is 0 Å². The fourth-order valence-electron chi connectivity index (χ4n) is 3.74. The first kappa shape index (κ1) is 27.5. The summed E-state index contributed by atoms with van der Waals surface area (Å²) in [7, 11) is 0. The van der Waals surface area contributed by atoms with Crippen LogP contribution in [0.2, 0.25) is 0 Å². The number of unbranched alkanes of at least 4 members (excludes halogenated alkanes) is 15. The molecule has 0 heterocycles. The Morgan fingerprint density at radius 2 is 0.964 bits per heavy atom. The lowest BCUT2D eigenvalue weighted by molar-refractivity contribution is 0.525. The third kappa shape index (κ3) is 17.6. The molecule has 0 amide bonds. The number of halogens is 1.